The molecule has 1 atom stereocenters. The fraction of sp³-hybridized carbons (Fsp3) is 0.250. The first-order valence-electron chi connectivity index (χ1n) is 9.05. The van der Waals surface area contributed by atoms with Crippen LogP contribution < -0.4 is 15.8 Å². The van der Waals surface area contributed by atoms with Crippen molar-refractivity contribution in [2.45, 2.75) is 30.3 Å². The number of halogens is 1. The number of hydrogen-bond donors (Lipinski definition) is 2. The van der Waals surface area contributed by atoms with Gasteiger partial charge in [0, 0.05) is 10.8 Å². The molecule has 0 aliphatic carbocycles. The van der Waals surface area contributed by atoms with Gasteiger partial charge in [0.15, 0.2) is 5.16 Å². The lowest BCUT2D eigenvalue weighted by molar-refractivity contribution is -0.119. The molecule has 0 radical (unpaired) electrons. The number of nitrogens with one attached hydrogen (secondary N) is 1. The van der Waals surface area contributed by atoms with E-state index in [-0.39, 0.29) is 11.9 Å². The molecule has 0 fully saturated rings. The Morgan fingerprint density at radius 1 is 1.28 bits per heavy atom. The van der Waals surface area contributed by atoms with Gasteiger partial charge in [-0.25, -0.2) is 0 Å². The molecule has 1 amide bonds. The van der Waals surface area contributed by atoms with Crippen molar-refractivity contribution < 1.29 is 9.53 Å². The molecule has 3 aromatic rings. The van der Waals surface area contributed by atoms with Crippen molar-refractivity contribution in [3.8, 4) is 5.75 Å². The maximum Gasteiger partial charge on any atom is 0.247 e. The number of amides is 1. The smallest absolute Gasteiger partial charge is 0.247 e. The molecular formula is C20H22ClN5O2S. The van der Waals surface area contributed by atoms with E-state index in [0.29, 0.717) is 33.8 Å². The lowest BCUT2D eigenvalue weighted by Gasteiger charge is -2.20. The summed E-state index contributed by atoms with van der Waals surface area (Å²) in [7, 11) is 1.53. The third-order valence-electron chi connectivity index (χ3n) is 4.32. The highest BCUT2D eigenvalue weighted by Gasteiger charge is 2.25. The third kappa shape index (κ3) is 5.02. The van der Waals surface area contributed by atoms with E-state index in [1.54, 1.807) is 22.8 Å². The third-order valence-corrected chi connectivity index (χ3v) is 5.57. The second-order valence-electron chi connectivity index (χ2n) is 6.24. The van der Waals surface area contributed by atoms with E-state index in [1.807, 2.05) is 37.3 Å². The maximum absolute atomic E-state index is 13.0. The Hall–Kier alpha value is -2.71. The van der Waals surface area contributed by atoms with E-state index in [9.17, 15) is 4.79 Å². The van der Waals surface area contributed by atoms with Gasteiger partial charge in [0.1, 0.15) is 11.8 Å². The number of carbonyl (C=O) groups is 1. The number of nitrogens with two attached hydrogens (primary N) is 1. The minimum absolute atomic E-state index is 0.195. The van der Waals surface area contributed by atoms with Gasteiger partial charge < -0.3 is 15.8 Å². The van der Waals surface area contributed by atoms with Crippen molar-refractivity contribution in [2.24, 2.45) is 0 Å². The molecule has 29 heavy (non-hydrogen) atoms. The molecule has 0 saturated carbocycles. The summed E-state index contributed by atoms with van der Waals surface area (Å²) in [5, 5.41) is 12.1. The fourth-order valence-corrected chi connectivity index (χ4v) is 4.00. The van der Waals surface area contributed by atoms with Crippen LogP contribution in [-0.2, 0) is 10.5 Å². The second-order valence-corrected chi connectivity index (χ2v) is 7.62. The topological polar surface area (TPSA) is 95.1 Å². The number of nitrogen functional groups attached to an aromatic ring is 1. The van der Waals surface area contributed by atoms with Crippen LogP contribution in [0.4, 0.5) is 11.6 Å². The summed E-state index contributed by atoms with van der Waals surface area (Å²) in [6.07, 6.45) is 0.510. The number of methoxy groups -OCH3 is 1. The summed E-state index contributed by atoms with van der Waals surface area (Å²) in [5.41, 5.74) is 7.69. The van der Waals surface area contributed by atoms with E-state index < -0.39 is 6.04 Å². The zero-order valence-electron chi connectivity index (χ0n) is 16.1. The molecule has 1 aromatic heterocycles. The molecular weight excluding hydrogens is 410 g/mol. The van der Waals surface area contributed by atoms with E-state index in [0.717, 1.165) is 5.56 Å². The first kappa shape index (κ1) is 21.0. The number of rotatable bonds is 8. The largest absolute Gasteiger partial charge is 0.495 e. The molecule has 9 heteroatoms. The van der Waals surface area contributed by atoms with Crippen molar-refractivity contribution >= 4 is 40.9 Å². The van der Waals surface area contributed by atoms with Gasteiger partial charge in [-0.1, -0.05) is 60.6 Å². The monoisotopic (exact) mass is 431 g/mol. The normalized spacial score (nSPS) is 11.8. The lowest BCUT2D eigenvalue weighted by atomic mass is 10.2. The summed E-state index contributed by atoms with van der Waals surface area (Å²) >= 11 is 7.55. The van der Waals surface area contributed by atoms with Crippen molar-refractivity contribution in [2.75, 3.05) is 18.2 Å². The molecule has 152 valence electrons. The molecule has 0 aliphatic heterocycles. The Kier molecular flexibility index (Phi) is 7.00. The zero-order valence-corrected chi connectivity index (χ0v) is 17.7. The van der Waals surface area contributed by atoms with E-state index in [1.165, 1.54) is 18.9 Å². The van der Waals surface area contributed by atoms with Crippen LogP contribution in [0.15, 0.2) is 53.7 Å². The minimum Gasteiger partial charge on any atom is -0.495 e. The van der Waals surface area contributed by atoms with Gasteiger partial charge in [-0.05, 0) is 30.2 Å². The fourth-order valence-electron chi connectivity index (χ4n) is 2.88. The number of hydrogen-bond acceptors (Lipinski definition) is 6. The Morgan fingerprint density at radius 2 is 2.03 bits per heavy atom. The number of thioether (sulfide) groups is 1. The van der Waals surface area contributed by atoms with Crippen molar-refractivity contribution in [3.05, 3.63) is 59.1 Å². The highest BCUT2D eigenvalue weighted by molar-refractivity contribution is 7.98. The molecule has 3 rings (SSSR count). The minimum atomic E-state index is -0.577. The quantitative estimate of drug-likeness (QED) is 0.513. The summed E-state index contributed by atoms with van der Waals surface area (Å²) in [4.78, 5) is 13.0. The Morgan fingerprint density at radius 3 is 2.72 bits per heavy atom. The molecule has 7 nitrogen and oxygen atoms in total. The summed E-state index contributed by atoms with van der Waals surface area (Å²) < 4.78 is 6.97. The van der Waals surface area contributed by atoms with Crippen molar-refractivity contribution in [3.63, 3.8) is 0 Å². The number of ether oxygens (including phenoxy) is 1. The molecule has 0 aliphatic rings. The highest BCUT2D eigenvalue weighted by atomic mass is 35.5. The highest BCUT2D eigenvalue weighted by Crippen LogP contribution is 2.31. The Bertz CT molecular complexity index is 980. The second kappa shape index (κ2) is 9.67. The predicted molar refractivity (Wildman–Crippen MR) is 116 cm³/mol. The molecule has 2 aromatic carbocycles. The van der Waals surface area contributed by atoms with Crippen LogP contribution in [-0.4, -0.2) is 27.8 Å². The van der Waals surface area contributed by atoms with Gasteiger partial charge >= 0.3 is 0 Å². The van der Waals surface area contributed by atoms with Crippen LogP contribution in [0.25, 0.3) is 0 Å². The van der Waals surface area contributed by atoms with E-state index in [4.69, 9.17) is 22.1 Å². The zero-order chi connectivity index (χ0) is 20.8. The summed E-state index contributed by atoms with van der Waals surface area (Å²) in [6, 6.07) is 14.5. The van der Waals surface area contributed by atoms with Crippen LogP contribution in [0.3, 0.4) is 0 Å². The average molecular weight is 432 g/mol. The standard InChI is InChI=1S/C20H22ClN5O2S/c1-3-16(18(27)23-15-11-14(21)9-10-17(15)28-2)26-19(22)24-25-20(26)29-12-13-7-5-4-6-8-13/h4-11,16H,3,12H2,1-2H3,(H2,22,24)(H,23,27). The molecule has 1 unspecified atom stereocenters. The van der Waals surface area contributed by atoms with Crippen molar-refractivity contribution in [1.29, 1.82) is 0 Å². The van der Waals surface area contributed by atoms with Gasteiger partial charge in [0.2, 0.25) is 11.9 Å². The number of nitrogens with zero attached hydrogens (tertiary/aromatic N) is 3. The summed E-state index contributed by atoms with van der Waals surface area (Å²) in [5.74, 6) is 1.16. The number of aromatic nitrogens is 3. The number of anilines is 2. The Labute approximate surface area is 178 Å². The van der Waals surface area contributed by atoms with Crippen molar-refractivity contribution in [1.82, 2.24) is 14.8 Å². The SMILES string of the molecule is CCC(C(=O)Nc1cc(Cl)ccc1OC)n1c(N)nnc1SCc1ccccc1. The average Bonchev–Trinajstić information content (AvgIpc) is 3.08. The summed E-state index contributed by atoms with van der Waals surface area (Å²) in [6.45, 7) is 1.91. The maximum atomic E-state index is 13.0. The Balaban J connectivity index is 1.81. The van der Waals surface area contributed by atoms with Crippen LogP contribution in [0.5, 0.6) is 5.75 Å². The van der Waals surface area contributed by atoms with E-state index >= 15 is 0 Å². The first-order valence-corrected chi connectivity index (χ1v) is 10.4. The van der Waals surface area contributed by atoms with Crippen LogP contribution >= 0.6 is 23.4 Å². The predicted octanol–water partition coefficient (Wildman–Crippen LogP) is 4.40. The molecule has 3 N–H and O–H groups in total. The molecule has 0 bridgehead atoms. The first-order chi connectivity index (χ1) is 14.0. The van der Waals surface area contributed by atoms with Gasteiger partial charge in [-0.2, -0.15) is 0 Å². The van der Waals surface area contributed by atoms with Gasteiger partial charge in [-0.3, -0.25) is 9.36 Å². The van der Waals surface area contributed by atoms with Crippen LogP contribution in [0, 0.1) is 0 Å². The molecule has 0 spiro atoms. The lowest BCUT2D eigenvalue weighted by Crippen LogP contribution is -2.27. The van der Waals surface area contributed by atoms with Gasteiger partial charge in [0.25, 0.3) is 0 Å². The van der Waals surface area contributed by atoms with Gasteiger partial charge in [0.05, 0.1) is 12.8 Å². The molecule has 1 heterocycles. The van der Waals surface area contributed by atoms with Gasteiger partial charge in [-0.15, -0.1) is 10.2 Å². The van der Waals surface area contributed by atoms with Crippen LogP contribution in [0.2, 0.25) is 5.02 Å². The molecule has 0 saturated heterocycles. The number of benzene rings is 2. The van der Waals surface area contributed by atoms with Crippen LogP contribution in [0.1, 0.15) is 24.9 Å². The number of carbonyl (C=O) groups excluding carboxylic acids is 1. The van der Waals surface area contributed by atoms with E-state index in [2.05, 4.69) is 15.5 Å².